The van der Waals surface area contributed by atoms with Crippen LogP contribution in [0.1, 0.15) is 290 Å². The van der Waals surface area contributed by atoms with Crippen LogP contribution in [-0.4, -0.2) is 37.2 Å². The molecule has 0 N–H and O–H groups in total. The van der Waals surface area contributed by atoms with E-state index in [-0.39, 0.29) is 31.1 Å². The number of carbonyl (C=O) groups excluding carboxylic acids is 3. The molecule has 0 aromatic carbocycles. The third-order valence-corrected chi connectivity index (χ3v) is 12.3. The van der Waals surface area contributed by atoms with Gasteiger partial charge in [-0.15, -0.1) is 0 Å². The van der Waals surface area contributed by atoms with Crippen LogP contribution in [0, 0.1) is 0 Å². The molecule has 0 aliphatic rings. The van der Waals surface area contributed by atoms with Crippen molar-refractivity contribution in [2.24, 2.45) is 0 Å². The third kappa shape index (κ3) is 52.2. The molecule has 0 amide bonds. The monoisotopic (exact) mass is 911 g/mol. The zero-order valence-corrected chi connectivity index (χ0v) is 43.3. The Balaban J connectivity index is 4.40. The summed E-state index contributed by atoms with van der Waals surface area (Å²) in [6.07, 6.45) is 65.2. The van der Waals surface area contributed by atoms with Crippen molar-refractivity contribution in [2.75, 3.05) is 13.2 Å². The molecule has 0 fully saturated rings. The molecule has 6 heteroatoms. The summed E-state index contributed by atoms with van der Waals surface area (Å²) >= 11 is 0. The van der Waals surface area contributed by atoms with E-state index in [0.29, 0.717) is 19.3 Å². The molecular formula is C59H106O6. The highest BCUT2D eigenvalue weighted by atomic mass is 16.6. The molecule has 0 radical (unpaired) electrons. The fourth-order valence-electron chi connectivity index (χ4n) is 7.99. The van der Waals surface area contributed by atoms with Crippen molar-refractivity contribution >= 4 is 17.9 Å². The van der Waals surface area contributed by atoms with Crippen molar-refractivity contribution in [3.63, 3.8) is 0 Å². The molecule has 0 unspecified atom stereocenters. The Hall–Kier alpha value is -2.63. The molecular weight excluding hydrogens is 805 g/mol. The Labute approximate surface area is 403 Å². The quantitative estimate of drug-likeness (QED) is 0.0262. The van der Waals surface area contributed by atoms with Crippen LogP contribution in [0.2, 0.25) is 0 Å². The fraction of sp³-hybridized carbons (Fsp3) is 0.814. The lowest BCUT2D eigenvalue weighted by atomic mass is 10.1. The number of hydrogen-bond acceptors (Lipinski definition) is 6. The van der Waals surface area contributed by atoms with Gasteiger partial charge in [0.2, 0.25) is 0 Å². The molecule has 0 heterocycles. The van der Waals surface area contributed by atoms with Crippen LogP contribution < -0.4 is 0 Å². The zero-order valence-electron chi connectivity index (χ0n) is 43.3. The van der Waals surface area contributed by atoms with E-state index in [9.17, 15) is 14.4 Å². The minimum Gasteiger partial charge on any atom is -0.462 e. The summed E-state index contributed by atoms with van der Waals surface area (Å²) in [5, 5.41) is 0. The normalized spacial score (nSPS) is 12.4. The van der Waals surface area contributed by atoms with E-state index in [2.05, 4.69) is 69.4 Å². The Morgan fingerprint density at radius 3 is 0.892 bits per heavy atom. The minimum absolute atomic E-state index is 0.0825. The largest absolute Gasteiger partial charge is 0.462 e. The van der Waals surface area contributed by atoms with Crippen molar-refractivity contribution < 1.29 is 28.6 Å². The molecule has 0 spiro atoms. The number of rotatable bonds is 51. The highest BCUT2D eigenvalue weighted by molar-refractivity contribution is 5.71. The lowest BCUT2D eigenvalue weighted by Gasteiger charge is -2.18. The first kappa shape index (κ1) is 62.4. The van der Waals surface area contributed by atoms with Crippen LogP contribution in [0.25, 0.3) is 0 Å². The maximum Gasteiger partial charge on any atom is 0.306 e. The second-order valence-corrected chi connectivity index (χ2v) is 18.8. The summed E-state index contributed by atoms with van der Waals surface area (Å²) in [6.45, 7) is 6.60. The molecule has 1 atom stereocenters. The Morgan fingerprint density at radius 1 is 0.308 bits per heavy atom. The molecule has 0 aromatic rings. The number of carbonyl (C=O) groups is 3. The molecule has 378 valence electrons. The Bertz CT molecular complexity index is 1140. The van der Waals surface area contributed by atoms with E-state index in [0.717, 1.165) is 89.9 Å². The van der Waals surface area contributed by atoms with Gasteiger partial charge < -0.3 is 14.2 Å². The van der Waals surface area contributed by atoms with Gasteiger partial charge in [0.25, 0.3) is 0 Å². The second kappa shape index (κ2) is 54.0. The van der Waals surface area contributed by atoms with Crippen molar-refractivity contribution in [1.82, 2.24) is 0 Å². The standard InChI is InChI=1S/C59H106O6/c1-4-7-10-13-16-19-22-25-28-29-32-34-37-40-43-46-49-52-58(61)64-55-56(65-59(62)53-50-47-44-41-38-35-31-27-24-21-18-15-12-9-6-3)54-63-57(60)51-48-45-42-39-36-33-30-26-23-20-17-14-11-8-5-2/h18,21,25-28,30-31,56H,4-17,19-20,22-24,29,32-55H2,1-3H3/t56-/m1/s1. The lowest BCUT2D eigenvalue weighted by Crippen LogP contribution is -2.30. The van der Waals surface area contributed by atoms with Crippen LogP contribution in [0.5, 0.6) is 0 Å². The van der Waals surface area contributed by atoms with E-state index < -0.39 is 6.10 Å². The molecule has 6 nitrogen and oxygen atoms in total. The molecule has 0 aliphatic carbocycles. The maximum atomic E-state index is 12.8. The molecule has 0 aromatic heterocycles. The van der Waals surface area contributed by atoms with Gasteiger partial charge in [-0.1, -0.05) is 217 Å². The van der Waals surface area contributed by atoms with Crippen molar-refractivity contribution in [3.8, 4) is 0 Å². The van der Waals surface area contributed by atoms with Crippen LogP contribution in [0.4, 0.5) is 0 Å². The number of esters is 3. The fourth-order valence-corrected chi connectivity index (χ4v) is 7.99. The summed E-state index contributed by atoms with van der Waals surface area (Å²) in [7, 11) is 0. The van der Waals surface area contributed by atoms with E-state index in [4.69, 9.17) is 14.2 Å². The summed E-state index contributed by atoms with van der Waals surface area (Å²) in [6, 6.07) is 0. The van der Waals surface area contributed by atoms with Crippen molar-refractivity contribution in [3.05, 3.63) is 48.6 Å². The number of unbranched alkanes of at least 4 members (excludes halogenated alkanes) is 32. The van der Waals surface area contributed by atoms with Crippen LogP contribution in [0.3, 0.4) is 0 Å². The molecule has 0 bridgehead atoms. The predicted octanol–water partition coefficient (Wildman–Crippen LogP) is 18.7. The van der Waals surface area contributed by atoms with Gasteiger partial charge in [-0.25, -0.2) is 0 Å². The zero-order chi connectivity index (χ0) is 47.2. The first-order valence-corrected chi connectivity index (χ1v) is 28.1. The van der Waals surface area contributed by atoms with Crippen LogP contribution >= 0.6 is 0 Å². The maximum absolute atomic E-state index is 12.8. The number of hydrogen-bond donors (Lipinski definition) is 0. The van der Waals surface area contributed by atoms with E-state index in [1.165, 1.54) is 161 Å². The van der Waals surface area contributed by atoms with Gasteiger partial charge in [0.15, 0.2) is 6.10 Å². The lowest BCUT2D eigenvalue weighted by molar-refractivity contribution is -0.167. The summed E-state index contributed by atoms with van der Waals surface area (Å²) < 4.78 is 16.8. The number of ether oxygens (including phenoxy) is 3. The molecule has 0 aliphatic heterocycles. The summed E-state index contributed by atoms with van der Waals surface area (Å²) in [5.41, 5.74) is 0. The second-order valence-electron chi connectivity index (χ2n) is 18.8. The van der Waals surface area contributed by atoms with E-state index in [1.54, 1.807) is 0 Å². The predicted molar refractivity (Wildman–Crippen MR) is 279 cm³/mol. The average Bonchev–Trinajstić information content (AvgIpc) is 3.30. The summed E-state index contributed by atoms with van der Waals surface area (Å²) in [5.74, 6) is -0.898. The Morgan fingerprint density at radius 2 is 0.554 bits per heavy atom. The van der Waals surface area contributed by atoms with Gasteiger partial charge in [-0.2, -0.15) is 0 Å². The smallest absolute Gasteiger partial charge is 0.306 e. The van der Waals surface area contributed by atoms with Gasteiger partial charge in [0.1, 0.15) is 13.2 Å². The summed E-state index contributed by atoms with van der Waals surface area (Å²) in [4.78, 5) is 38.1. The van der Waals surface area contributed by atoms with Crippen LogP contribution in [0.15, 0.2) is 48.6 Å². The molecule has 0 rings (SSSR count). The van der Waals surface area contributed by atoms with E-state index >= 15 is 0 Å². The highest BCUT2D eigenvalue weighted by Crippen LogP contribution is 2.15. The SMILES string of the molecule is CCCCCC=CCC=CCCCCCCCC(=O)O[C@H](COC(=O)CCCCCCCC=CCCCCCCCC)COC(=O)CCCCCCCCCC=CCCCCCCCC. The number of allylic oxidation sites excluding steroid dienone is 8. The van der Waals surface area contributed by atoms with Crippen molar-refractivity contribution in [1.29, 1.82) is 0 Å². The first-order chi connectivity index (χ1) is 32.0. The van der Waals surface area contributed by atoms with Gasteiger partial charge in [-0.05, 0) is 103 Å². The first-order valence-electron chi connectivity index (χ1n) is 28.1. The molecule has 0 saturated carbocycles. The highest BCUT2D eigenvalue weighted by Gasteiger charge is 2.19. The van der Waals surface area contributed by atoms with E-state index in [1.807, 2.05) is 0 Å². The topological polar surface area (TPSA) is 78.9 Å². The average molecular weight is 911 g/mol. The minimum atomic E-state index is -0.784. The molecule has 65 heavy (non-hydrogen) atoms. The van der Waals surface area contributed by atoms with Crippen molar-refractivity contribution in [2.45, 2.75) is 297 Å². The van der Waals surface area contributed by atoms with Crippen LogP contribution in [-0.2, 0) is 28.6 Å². The molecule has 0 saturated heterocycles. The Kier molecular flexibility index (Phi) is 51.8. The van der Waals surface area contributed by atoms with Gasteiger partial charge in [0.05, 0.1) is 0 Å². The van der Waals surface area contributed by atoms with Gasteiger partial charge in [0, 0.05) is 19.3 Å². The van der Waals surface area contributed by atoms with Gasteiger partial charge in [-0.3, -0.25) is 14.4 Å². The third-order valence-electron chi connectivity index (χ3n) is 12.3. The van der Waals surface area contributed by atoms with Gasteiger partial charge >= 0.3 is 17.9 Å².